The molecule has 0 atom stereocenters. The van der Waals surface area contributed by atoms with Crippen LogP contribution in [0.2, 0.25) is 0 Å². The van der Waals surface area contributed by atoms with Crippen molar-refractivity contribution in [1.29, 1.82) is 0 Å². The maximum absolute atomic E-state index is 1.50. The number of rotatable bonds is 0. The molecule has 0 spiro atoms. The van der Waals surface area contributed by atoms with Gasteiger partial charge in [0.2, 0.25) is 0 Å². The summed E-state index contributed by atoms with van der Waals surface area (Å²) in [4.78, 5) is 0. The van der Waals surface area contributed by atoms with E-state index in [9.17, 15) is 0 Å². The minimum Gasteiger partial charge on any atom is -0.0533 e. The molecule has 1 aliphatic carbocycles. The van der Waals surface area contributed by atoms with Crippen LogP contribution in [-0.2, 0) is 0 Å². The van der Waals surface area contributed by atoms with E-state index in [1.807, 2.05) is 0 Å². The van der Waals surface area contributed by atoms with Gasteiger partial charge in [-0.15, -0.1) is 0 Å². The molecule has 0 amide bonds. The SMILES string of the molecule is C1CCCCCCCCCCCCCCCCCCCCCCCCCCCCCCCCCCCCCCCCCCCCCCCCCCCCC1. The van der Waals surface area contributed by atoms with Gasteiger partial charge in [-0.3, -0.25) is 0 Å². The van der Waals surface area contributed by atoms with Crippen molar-refractivity contribution in [2.45, 2.75) is 347 Å². The van der Waals surface area contributed by atoms with E-state index in [1.165, 1.54) is 347 Å². The molecule has 0 aromatic carbocycles. The first-order valence-electron chi connectivity index (χ1n) is 27.0. The molecule has 0 aromatic heterocycles. The number of hydrogen-bond acceptors (Lipinski definition) is 0. The summed E-state index contributed by atoms with van der Waals surface area (Å²) < 4.78 is 0. The topological polar surface area (TPSA) is 0 Å². The lowest BCUT2D eigenvalue weighted by molar-refractivity contribution is 0.504. The van der Waals surface area contributed by atoms with Gasteiger partial charge in [-0.1, -0.05) is 347 Å². The van der Waals surface area contributed by atoms with Crippen molar-refractivity contribution in [3.63, 3.8) is 0 Å². The third kappa shape index (κ3) is 46.4. The lowest BCUT2D eigenvalue weighted by Gasteiger charge is -2.05. The molecule has 0 heteroatoms. The summed E-state index contributed by atoms with van der Waals surface area (Å²) in [5, 5.41) is 0. The van der Waals surface area contributed by atoms with E-state index in [4.69, 9.17) is 0 Å². The molecule has 0 radical (unpaired) electrons. The van der Waals surface area contributed by atoms with Gasteiger partial charge in [0.05, 0.1) is 0 Å². The van der Waals surface area contributed by atoms with E-state index < -0.39 is 0 Å². The fourth-order valence-electron chi connectivity index (χ4n) is 9.55. The second-order valence-electron chi connectivity index (χ2n) is 19.1. The number of hydrogen-bond donors (Lipinski definition) is 0. The fourth-order valence-corrected chi connectivity index (χ4v) is 9.55. The summed E-state index contributed by atoms with van der Waals surface area (Å²) in [6.07, 6.45) is 81.0. The highest BCUT2D eigenvalue weighted by atomic mass is 14.1. The predicted molar refractivity (Wildman–Crippen MR) is 249 cm³/mol. The smallest absolute Gasteiger partial charge is 0.0533 e. The maximum Gasteiger partial charge on any atom is -0.0533 e. The molecule has 0 heterocycles. The average molecular weight is 757 g/mol. The van der Waals surface area contributed by atoms with Gasteiger partial charge in [0.15, 0.2) is 0 Å². The quantitative estimate of drug-likeness (QED) is 0.231. The summed E-state index contributed by atoms with van der Waals surface area (Å²) in [7, 11) is 0. The van der Waals surface area contributed by atoms with Crippen LogP contribution in [0.25, 0.3) is 0 Å². The van der Waals surface area contributed by atoms with Crippen molar-refractivity contribution in [2.75, 3.05) is 0 Å². The standard InChI is InChI=1S/C54H108/c1-2-4-6-8-10-12-14-16-18-20-22-24-26-28-30-32-34-36-38-40-42-44-46-48-50-52-54-53-51-49-47-45-43-41-39-37-35-33-31-29-27-25-23-21-19-17-15-13-11-9-7-5-3-1/h1-54H2. The Bertz CT molecular complexity index is 311. The van der Waals surface area contributed by atoms with Crippen LogP contribution >= 0.6 is 0 Å². The largest absolute Gasteiger partial charge is 0.0533 e. The Labute approximate surface area is 345 Å². The van der Waals surface area contributed by atoms with Gasteiger partial charge in [0.1, 0.15) is 0 Å². The van der Waals surface area contributed by atoms with Crippen LogP contribution in [-0.4, -0.2) is 0 Å². The first kappa shape index (κ1) is 52.0. The molecule has 324 valence electrons. The molecule has 1 saturated carbocycles. The summed E-state index contributed by atoms with van der Waals surface area (Å²) in [5.41, 5.74) is 0. The Morgan fingerprint density at radius 3 is 0.0741 bits per heavy atom. The zero-order chi connectivity index (χ0) is 38.2. The minimum atomic E-state index is 1.50. The first-order chi connectivity index (χ1) is 27.0. The Morgan fingerprint density at radius 2 is 0.0556 bits per heavy atom. The molecule has 1 rings (SSSR count). The molecule has 0 saturated heterocycles. The zero-order valence-electron chi connectivity index (χ0n) is 38.2. The van der Waals surface area contributed by atoms with Crippen molar-refractivity contribution in [2.24, 2.45) is 0 Å². The maximum atomic E-state index is 1.50. The molecule has 0 aliphatic heterocycles. The molecule has 54 heavy (non-hydrogen) atoms. The van der Waals surface area contributed by atoms with Gasteiger partial charge in [-0.2, -0.15) is 0 Å². The van der Waals surface area contributed by atoms with E-state index in [1.54, 1.807) is 0 Å². The van der Waals surface area contributed by atoms with Crippen LogP contribution in [0.1, 0.15) is 347 Å². The van der Waals surface area contributed by atoms with Crippen LogP contribution in [0.4, 0.5) is 0 Å². The normalized spacial score (nSPS) is 24.0. The third-order valence-electron chi connectivity index (χ3n) is 13.5. The second kappa shape index (κ2) is 49.1. The molecule has 1 fully saturated rings. The first-order valence-corrected chi connectivity index (χ1v) is 27.0. The Hall–Kier alpha value is 0. The Balaban J connectivity index is 2.00. The monoisotopic (exact) mass is 757 g/mol. The van der Waals surface area contributed by atoms with Gasteiger partial charge in [0.25, 0.3) is 0 Å². The van der Waals surface area contributed by atoms with Gasteiger partial charge in [0, 0.05) is 0 Å². The van der Waals surface area contributed by atoms with E-state index in [2.05, 4.69) is 0 Å². The van der Waals surface area contributed by atoms with E-state index >= 15 is 0 Å². The highest BCUT2D eigenvalue weighted by Crippen LogP contribution is 2.20. The summed E-state index contributed by atoms with van der Waals surface area (Å²) >= 11 is 0. The van der Waals surface area contributed by atoms with Crippen molar-refractivity contribution in [3.8, 4) is 0 Å². The van der Waals surface area contributed by atoms with E-state index in [0.717, 1.165) is 0 Å². The molecule has 0 nitrogen and oxygen atoms in total. The van der Waals surface area contributed by atoms with Crippen molar-refractivity contribution in [3.05, 3.63) is 0 Å². The van der Waals surface area contributed by atoms with Crippen LogP contribution in [0.3, 0.4) is 0 Å². The van der Waals surface area contributed by atoms with E-state index in [-0.39, 0.29) is 0 Å². The van der Waals surface area contributed by atoms with E-state index in [0.29, 0.717) is 0 Å². The van der Waals surface area contributed by atoms with Crippen LogP contribution < -0.4 is 0 Å². The summed E-state index contributed by atoms with van der Waals surface area (Å²) in [6.45, 7) is 0. The van der Waals surface area contributed by atoms with Crippen LogP contribution in [0, 0.1) is 0 Å². The van der Waals surface area contributed by atoms with Gasteiger partial charge >= 0.3 is 0 Å². The Morgan fingerprint density at radius 1 is 0.0370 bits per heavy atom. The zero-order valence-corrected chi connectivity index (χ0v) is 38.2. The lowest BCUT2D eigenvalue weighted by atomic mass is 10.0. The summed E-state index contributed by atoms with van der Waals surface area (Å²) in [5.74, 6) is 0. The molecular formula is C54H108. The minimum absolute atomic E-state index is 1.50. The van der Waals surface area contributed by atoms with Gasteiger partial charge < -0.3 is 0 Å². The predicted octanol–water partition coefficient (Wildman–Crippen LogP) is 21.1. The molecule has 0 N–H and O–H groups in total. The molecular weight excluding hydrogens is 649 g/mol. The van der Waals surface area contributed by atoms with Crippen molar-refractivity contribution < 1.29 is 0 Å². The highest BCUT2D eigenvalue weighted by Gasteiger charge is 2.00. The lowest BCUT2D eigenvalue weighted by Crippen LogP contribution is -1.85. The molecule has 0 unspecified atom stereocenters. The van der Waals surface area contributed by atoms with Crippen molar-refractivity contribution in [1.82, 2.24) is 0 Å². The van der Waals surface area contributed by atoms with Crippen LogP contribution in [0.15, 0.2) is 0 Å². The molecule has 0 aromatic rings. The highest BCUT2D eigenvalue weighted by molar-refractivity contribution is 4.55. The fraction of sp³-hybridized carbons (Fsp3) is 1.00. The van der Waals surface area contributed by atoms with Crippen LogP contribution in [0.5, 0.6) is 0 Å². The van der Waals surface area contributed by atoms with Crippen molar-refractivity contribution >= 4 is 0 Å². The Kier molecular flexibility index (Phi) is 47.3. The average Bonchev–Trinajstić information content (AvgIpc) is 3.18. The molecule has 0 bridgehead atoms. The van der Waals surface area contributed by atoms with Gasteiger partial charge in [-0.05, 0) is 0 Å². The van der Waals surface area contributed by atoms with Gasteiger partial charge in [-0.25, -0.2) is 0 Å². The molecule has 1 aliphatic rings. The second-order valence-corrected chi connectivity index (χ2v) is 19.1. The third-order valence-corrected chi connectivity index (χ3v) is 13.5. The summed E-state index contributed by atoms with van der Waals surface area (Å²) in [6, 6.07) is 0.